The number of nitro groups is 1. The summed E-state index contributed by atoms with van der Waals surface area (Å²) in [7, 11) is 0. The van der Waals surface area contributed by atoms with E-state index >= 15 is 0 Å². The zero-order chi connectivity index (χ0) is 23.3. The van der Waals surface area contributed by atoms with Gasteiger partial charge < -0.3 is 19.5 Å². The summed E-state index contributed by atoms with van der Waals surface area (Å²) in [4.78, 5) is 22.9. The van der Waals surface area contributed by atoms with Crippen molar-refractivity contribution in [1.29, 1.82) is 0 Å². The molecule has 0 aliphatic heterocycles. The Labute approximate surface area is 188 Å². The number of carbonyl (C=O) groups is 1. The van der Waals surface area contributed by atoms with Crippen LogP contribution in [0.5, 0.6) is 17.2 Å². The van der Waals surface area contributed by atoms with E-state index in [1.165, 1.54) is 18.2 Å². The lowest BCUT2D eigenvalue weighted by atomic mass is 10.1. The number of amides is 1. The molecule has 0 bridgehead atoms. The van der Waals surface area contributed by atoms with Crippen LogP contribution in [0.3, 0.4) is 0 Å². The van der Waals surface area contributed by atoms with Gasteiger partial charge in [0.15, 0.2) is 17.2 Å². The molecule has 172 valence electrons. The minimum Gasteiger partial charge on any atom is -0.490 e. The molecule has 0 spiro atoms. The summed E-state index contributed by atoms with van der Waals surface area (Å²) in [5.74, 6) is 1.33. The molecule has 0 saturated carbocycles. The van der Waals surface area contributed by atoms with Crippen molar-refractivity contribution in [2.45, 2.75) is 33.6 Å². The predicted octanol–water partition coefficient (Wildman–Crippen LogP) is 4.55. The first-order valence-electron chi connectivity index (χ1n) is 10.7. The van der Waals surface area contributed by atoms with E-state index in [9.17, 15) is 14.9 Å². The Morgan fingerprint density at radius 2 is 1.72 bits per heavy atom. The first-order chi connectivity index (χ1) is 15.5. The van der Waals surface area contributed by atoms with Crippen LogP contribution in [0.15, 0.2) is 42.5 Å². The fourth-order valence-electron chi connectivity index (χ4n) is 2.93. The van der Waals surface area contributed by atoms with Crippen molar-refractivity contribution in [2.75, 3.05) is 26.4 Å². The van der Waals surface area contributed by atoms with Gasteiger partial charge >= 0.3 is 5.69 Å². The Morgan fingerprint density at radius 1 is 1.00 bits per heavy atom. The van der Waals surface area contributed by atoms with Crippen LogP contribution in [0.1, 0.15) is 38.3 Å². The zero-order valence-electron chi connectivity index (χ0n) is 18.8. The van der Waals surface area contributed by atoms with E-state index in [2.05, 4.69) is 5.32 Å². The number of nitrogens with zero attached hydrogens (tertiary/aromatic N) is 1. The molecule has 0 aromatic heterocycles. The van der Waals surface area contributed by atoms with Gasteiger partial charge in [-0.1, -0.05) is 19.1 Å². The van der Waals surface area contributed by atoms with Crippen molar-refractivity contribution in [1.82, 2.24) is 5.32 Å². The van der Waals surface area contributed by atoms with Gasteiger partial charge in [-0.3, -0.25) is 14.9 Å². The molecule has 1 amide bonds. The lowest BCUT2D eigenvalue weighted by molar-refractivity contribution is -0.385. The summed E-state index contributed by atoms with van der Waals surface area (Å²) in [6, 6.07) is 10.3. The average Bonchev–Trinajstić information content (AvgIpc) is 2.78. The summed E-state index contributed by atoms with van der Waals surface area (Å²) < 4.78 is 16.6. The Balaban J connectivity index is 1.93. The standard InChI is InChI=1S/C24H30N2O6/c1-4-15-32-21-10-7-18(16-20(21)26(28)29)9-12-24(27)25-14-13-19-8-11-22(30-5-2)23(17-19)31-6-3/h7-12,16-17H,4-6,13-15H2,1-3H3,(H,25,27)/b12-9+. The SMILES string of the molecule is CCCOc1ccc(/C=C/C(=O)NCCc2ccc(OCC)c(OCC)c2)cc1[N+](=O)[O-]. The quantitative estimate of drug-likeness (QED) is 0.277. The molecular weight excluding hydrogens is 412 g/mol. The molecule has 8 nitrogen and oxygen atoms in total. The number of rotatable bonds is 13. The van der Waals surface area contributed by atoms with Crippen LogP contribution in [0.2, 0.25) is 0 Å². The number of hydrogen-bond acceptors (Lipinski definition) is 6. The minimum absolute atomic E-state index is 0.124. The smallest absolute Gasteiger partial charge is 0.311 e. The van der Waals surface area contributed by atoms with Crippen LogP contribution in [0.4, 0.5) is 5.69 Å². The number of hydrogen-bond donors (Lipinski definition) is 1. The third-order valence-corrected chi connectivity index (χ3v) is 4.39. The topological polar surface area (TPSA) is 99.9 Å². The number of nitro benzene ring substituents is 1. The fraction of sp³-hybridized carbons (Fsp3) is 0.375. The molecule has 0 heterocycles. The Morgan fingerprint density at radius 3 is 2.41 bits per heavy atom. The summed E-state index contributed by atoms with van der Waals surface area (Å²) >= 11 is 0. The van der Waals surface area contributed by atoms with Crippen LogP contribution in [-0.4, -0.2) is 37.2 Å². The molecule has 32 heavy (non-hydrogen) atoms. The molecule has 0 saturated heterocycles. The van der Waals surface area contributed by atoms with Crippen LogP contribution in [0.25, 0.3) is 6.08 Å². The van der Waals surface area contributed by atoms with Gasteiger partial charge in [-0.15, -0.1) is 0 Å². The summed E-state index contributed by atoms with van der Waals surface area (Å²) in [6.45, 7) is 7.68. The van der Waals surface area contributed by atoms with Gasteiger partial charge in [-0.25, -0.2) is 0 Å². The van der Waals surface area contributed by atoms with Gasteiger partial charge in [0.1, 0.15) is 0 Å². The van der Waals surface area contributed by atoms with E-state index in [1.807, 2.05) is 39.0 Å². The third kappa shape index (κ3) is 7.61. The van der Waals surface area contributed by atoms with Crippen molar-refractivity contribution in [2.24, 2.45) is 0 Å². The molecule has 2 aromatic carbocycles. The first-order valence-corrected chi connectivity index (χ1v) is 10.7. The van der Waals surface area contributed by atoms with Crippen LogP contribution in [0, 0.1) is 10.1 Å². The highest BCUT2D eigenvalue weighted by Crippen LogP contribution is 2.29. The van der Waals surface area contributed by atoms with E-state index in [1.54, 1.807) is 12.1 Å². The maximum absolute atomic E-state index is 12.1. The molecule has 1 N–H and O–H groups in total. The molecule has 2 aromatic rings. The van der Waals surface area contributed by atoms with E-state index < -0.39 is 4.92 Å². The van der Waals surface area contributed by atoms with Gasteiger partial charge in [0, 0.05) is 18.7 Å². The number of benzene rings is 2. The number of ether oxygens (including phenoxy) is 3. The molecule has 8 heteroatoms. The molecule has 0 radical (unpaired) electrons. The Bertz CT molecular complexity index is 942. The normalized spacial score (nSPS) is 10.7. The largest absolute Gasteiger partial charge is 0.490 e. The highest BCUT2D eigenvalue weighted by Gasteiger charge is 2.15. The van der Waals surface area contributed by atoms with Gasteiger partial charge in [0.2, 0.25) is 5.91 Å². The first kappa shape index (κ1) is 24.7. The molecule has 0 fully saturated rings. The summed E-state index contributed by atoms with van der Waals surface area (Å²) in [5, 5.41) is 14.1. The van der Waals surface area contributed by atoms with Gasteiger partial charge in [-0.2, -0.15) is 0 Å². The molecule has 0 aliphatic rings. The highest BCUT2D eigenvalue weighted by molar-refractivity contribution is 5.91. The fourth-order valence-corrected chi connectivity index (χ4v) is 2.93. The van der Waals surface area contributed by atoms with Crippen molar-refractivity contribution in [3.63, 3.8) is 0 Å². The van der Waals surface area contributed by atoms with E-state index in [0.717, 1.165) is 12.0 Å². The summed E-state index contributed by atoms with van der Waals surface area (Å²) in [5.41, 5.74) is 1.43. The van der Waals surface area contributed by atoms with Crippen LogP contribution >= 0.6 is 0 Å². The maximum Gasteiger partial charge on any atom is 0.311 e. The zero-order valence-corrected chi connectivity index (χ0v) is 18.8. The van der Waals surface area contributed by atoms with E-state index in [0.29, 0.717) is 49.8 Å². The molecule has 2 rings (SSSR count). The van der Waals surface area contributed by atoms with E-state index in [-0.39, 0.29) is 17.3 Å². The third-order valence-electron chi connectivity index (χ3n) is 4.39. The lowest BCUT2D eigenvalue weighted by Crippen LogP contribution is -2.23. The second-order valence-corrected chi connectivity index (χ2v) is 6.85. The maximum atomic E-state index is 12.1. The highest BCUT2D eigenvalue weighted by atomic mass is 16.6. The Kier molecular flexibility index (Phi) is 10.0. The van der Waals surface area contributed by atoms with Crippen LogP contribution in [-0.2, 0) is 11.2 Å². The molecule has 0 atom stereocenters. The van der Waals surface area contributed by atoms with Crippen molar-refractivity contribution in [3.8, 4) is 17.2 Å². The summed E-state index contributed by atoms with van der Waals surface area (Å²) in [6.07, 6.45) is 4.27. The van der Waals surface area contributed by atoms with Crippen molar-refractivity contribution in [3.05, 3.63) is 63.7 Å². The minimum atomic E-state index is -0.490. The molecule has 0 unspecified atom stereocenters. The monoisotopic (exact) mass is 442 g/mol. The van der Waals surface area contributed by atoms with Crippen molar-refractivity contribution < 1.29 is 23.9 Å². The predicted molar refractivity (Wildman–Crippen MR) is 123 cm³/mol. The molecular formula is C24H30N2O6. The second-order valence-electron chi connectivity index (χ2n) is 6.85. The van der Waals surface area contributed by atoms with Gasteiger partial charge in [-0.05, 0) is 62.1 Å². The second kappa shape index (κ2) is 13.0. The van der Waals surface area contributed by atoms with Gasteiger partial charge in [0.25, 0.3) is 0 Å². The number of carbonyl (C=O) groups excluding carboxylic acids is 1. The lowest BCUT2D eigenvalue weighted by Gasteiger charge is -2.12. The molecule has 0 aliphatic carbocycles. The average molecular weight is 443 g/mol. The van der Waals surface area contributed by atoms with Crippen molar-refractivity contribution >= 4 is 17.7 Å². The van der Waals surface area contributed by atoms with E-state index in [4.69, 9.17) is 14.2 Å². The van der Waals surface area contributed by atoms with Gasteiger partial charge in [0.05, 0.1) is 24.7 Å². The Hall–Kier alpha value is -3.55. The van der Waals surface area contributed by atoms with Crippen LogP contribution < -0.4 is 19.5 Å². The number of nitrogens with one attached hydrogen (secondary N) is 1.